The third-order valence-electron chi connectivity index (χ3n) is 3.15. The molecule has 5 nitrogen and oxygen atoms in total. The molecule has 1 unspecified atom stereocenters. The molecule has 1 amide bonds. The molecule has 2 N–H and O–H groups in total. The highest BCUT2D eigenvalue weighted by Crippen LogP contribution is 2.36. The fraction of sp³-hybridized carbons (Fsp3) is 0.583. The summed E-state index contributed by atoms with van der Waals surface area (Å²) in [5.41, 5.74) is 0.0766. The van der Waals surface area contributed by atoms with Crippen LogP contribution in [-0.2, 0) is 11.2 Å². The number of hydrogen-bond donors (Lipinski definition) is 2. The van der Waals surface area contributed by atoms with E-state index in [2.05, 4.69) is 10.3 Å². The zero-order valence-electron chi connectivity index (χ0n) is 10.2. The van der Waals surface area contributed by atoms with Crippen molar-refractivity contribution in [1.29, 1.82) is 0 Å². The lowest BCUT2D eigenvalue weighted by Crippen LogP contribution is -2.31. The van der Waals surface area contributed by atoms with Crippen LogP contribution in [0.25, 0.3) is 0 Å². The lowest BCUT2D eigenvalue weighted by molar-refractivity contribution is -0.125. The number of aromatic nitrogens is 1. The molecule has 0 radical (unpaired) electrons. The Bertz CT molecular complexity index is 454. The summed E-state index contributed by atoms with van der Waals surface area (Å²) in [6.07, 6.45) is 2.90. The number of nitrogens with one attached hydrogen (secondary N) is 1. The number of nitrogens with zero attached hydrogens (tertiary/aromatic N) is 1. The van der Waals surface area contributed by atoms with Gasteiger partial charge < -0.3 is 10.4 Å². The summed E-state index contributed by atoms with van der Waals surface area (Å²) >= 11 is 1.31. The Morgan fingerprint density at radius 2 is 2.33 bits per heavy atom. The van der Waals surface area contributed by atoms with Crippen molar-refractivity contribution in [2.45, 2.75) is 26.2 Å². The van der Waals surface area contributed by atoms with E-state index in [1.165, 1.54) is 16.7 Å². The average Bonchev–Trinajstić information content (AvgIpc) is 3.07. The SMILES string of the molecule is CC(C(=O)NCCc1nc(C(=O)O)cs1)C1CC1. The fourth-order valence-corrected chi connectivity index (χ4v) is 2.56. The molecule has 1 saturated carbocycles. The Hall–Kier alpha value is -1.43. The van der Waals surface area contributed by atoms with Crippen molar-refractivity contribution in [3.8, 4) is 0 Å². The summed E-state index contributed by atoms with van der Waals surface area (Å²) in [6.45, 7) is 2.47. The molecule has 0 aromatic carbocycles. The van der Waals surface area contributed by atoms with E-state index in [1.54, 1.807) is 0 Å². The van der Waals surface area contributed by atoms with Crippen molar-refractivity contribution in [2.24, 2.45) is 11.8 Å². The van der Waals surface area contributed by atoms with Crippen LogP contribution in [0.5, 0.6) is 0 Å². The zero-order chi connectivity index (χ0) is 13.1. The lowest BCUT2D eigenvalue weighted by Gasteiger charge is -2.09. The Labute approximate surface area is 109 Å². The van der Waals surface area contributed by atoms with Crippen LogP contribution in [-0.4, -0.2) is 28.5 Å². The van der Waals surface area contributed by atoms with Crippen molar-refractivity contribution >= 4 is 23.2 Å². The molecular weight excluding hydrogens is 252 g/mol. The van der Waals surface area contributed by atoms with Gasteiger partial charge in [0.2, 0.25) is 5.91 Å². The summed E-state index contributed by atoms with van der Waals surface area (Å²) < 4.78 is 0. The maximum Gasteiger partial charge on any atom is 0.355 e. The lowest BCUT2D eigenvalue weighted by atomic mass is 10.1. The van der Waals surface area contributed by atoms with Crippen LogP contribution in [0, 0.1) is 11.8 Å². The van der Waals surface area contributed by atoms with Crippen LogP contribution in [0.1, 0.15) is 35.3 Å². The molecule has 2 rings (SSSR count). The van der Waals surface area contributed by atoms with Gasteiger partial charge in [0.25, 0.3) is 0 Å². The molecule has 0 spiro atoms. The topological polar surface area (TPSA) is 79.3 Å². The molecule has 1 heterocycles. The van der Waals surface area contributed by atoms with Gasteiger partial charge in [-0.15, -0.1) is 11.3 Å². The van der Waals surface area contributed by atoms with Crippen molar-refractivity contribution in [3.05, 3.63) is 16.1 Å². The van der Waals surface area contributed by atoms with Crippen LogP contribution in [0.3, 0.4) is 0 Å². The van der Waals surface area contributed by atoms with E-state index in [9.17, 15) is 9.59 Å². The van der Waals surface area contributed by atoms with Crippen LogP contribution >= 0.6 is 11.3 Å². The molecule has 6 heteroatoms. The summed E-state index contributed by atoms with van der Waals surface area (Å²) in [5.74, 6) is -0.268. The predicted octanol–water partition coefficient (Wildman–Crippen LogP) is 1.55. The number of hydrogen-bond acceptors (Lipinski definition) is 4. The maximum atomic E-state index is 11.7. The molecule has 0 saturated heterocycles. The first-order valence-corrected chi connectivity index (χ1v) is 6.91. The number of carboxylic acids is 1. The summed E-state index contributed by atoms with van der Waals surface area (Å²) in [4.78, 5) is 26.3. The second-order valence-electron chi connectivity index (χ2n) is 4.60. The molecule has 1 aromatic heterocycles. The number of amides is 1. The Kier molecular flexibility index (Phi) is 3.96. The largest absolute Gasteiger partial charge is 0.476 e. The van der Waals surface area contributed by atoms with Crippen LogP contribution in [0.2, 0.25) is 0 Å². The number of carboxylic acid groups (broad SMARTS) is 1. The van der Waals surface area contributed by atoms with Gasteiger partial charge in [-0.05, 0) is 18.8 Å². The summed E-state index contributed by atoms with van der Waals surface area (Å²) in [6, 6.07) is 0. The second-order valence-corrected chi connectivity index (χ2v) is 5.54. The summed E-state index contributed by atoms with van der Waals surface area (Å²) in [7, 11) is 0. The fourth-order valence-electron chi connectivity index (χ4n) is 1.79. The second kappa shape index (κ2) is 5.48. The Balaban J connectivity index is 1.73. The van der Waals surface area contributed by atoms with Crippen LogP contribution < -0.4 is 5.32 Å². The molecule has 1 atom stereocenters. The highest BCUT2D eigenvalue weighted by Gasteiger charge is 2.32. The molecule has 98 valence electrons. The Morgan fingerprint density at radius 1 is 1.61 bits per heavy atom. The number of rotatable bonds is 6. The third kappa shape index (κ3) is 3.29. The molecule has 0 bridgehead atoms. The first-order chi connectivity index (χ1) is 8.58. The van der Waals surface area contributed by atoms with Gasteiger partial charge in [0.15, 0.2) is 5.69 Å². The normalized spacial score (nSPS) is 16.3. The van der Waals surface area contributed by atoms with Gasteiger partial charge in [-0.3, -0.25) is 4.79 Å². The zero-order valence-corrected chi connectivity index (χ0v) is 11.0. The molecule has 1 aliphatic rings. The van der Waals surface area contributed by atoms with Gasteiger partial charge in [0.1, 0.15) is 0 Å². The smallest absolute Gasteiger partial charge is 0.355 e. The minimum atomic E-state index is -1.01. The first-order valence-electron chi connectivity index (χ1n) is 6.03. The van der Waals surface area contributed by atoms with E-state index in [0.29, 0.717) is 18.9 Å². The van der Waals surface area contributed by atoms with Gasteiger partial charge in [-0.2, -0.15) is 0 Å². The van der Waals surface area contributed by atoms with Crippen molar-refractivity contribution < 1.29 is 14.7 Å². The summed E-state index contributed by atoms with van der Waals surface area (Å²) in [5, 5.41) is 13.9. The van der Waals surface area contributed by atoms with Crippen LogP contribution in [0.15, 0.2) is 5.38 Å². The monoisotopic (exact) mass is 268 g/mol. The van der Waals surface area contributed by atoms with E-state index in [4.69, 9.17) is 5.11 Å². The molecule has 1 fully saturated rings. The van der Waals surface area contributed by atoms with Crippen molar-refractivity contribution in [3.63, 3.8) is 0 Å². The van der Waals surface area contributed by atoms with Gasteiger partial charge in [-0.25, -0.2) is 9.78 Å². The van der Waals surface area contributed by atoms with Gasteiger partial charge in [0, 0.05) is 24.3 Å². The van der Waals surface area contributed by atoms with E-state index in [1.807, 2.05) is 6.92 Å². The highest BCUT2D eigenvalue weighted by molar-refractivity contribution is 7.09. The minimum absolute atomic E-state index is 0.0766. The average molecular weight is 268 g/mol. The van der Waals surface area contributed by atoms with Crippen LogP contribution in [0.4, 0.5) is 0 Å². The van der Waals surface area contributed by atoms with Crippen molar-refractivity contribution in [1.82, 2.24) is 10.3 Å². The molecular formula is C12H16N2O3S. The highest BCUT2D eigenvalue weighted by atomic mass is 32.1. The number of aromatic carboxylic acids is 1. The first kappa shape index (κ1) is 13.0. The van der Waals surface area contributed by atoms with E-state index >= 15 is 0 Å². The predicted molar refractivity (Wildman–Crippen MR) is 67.7 cm³/mol. The molecule has 18 heavy (non-hydrogen) atoms. The van der Waals surface area contributed by atoms with E-state index in [-0.39, 0.29) is 17.5 Å². The number of carbonyl (C=O) groups is 2. The van der Waals surface area contributed by atoms with Crippen molar-refractivity contribution in [2.75, 3.05) is 6.54 Å². The third-order valence-corrected chi connectivity index (χ3v) is 4.06. The number of thiazole rings is 1. The molecule has 0 aliphatic heterocycles. The maximum absolute atomic E-state index is 11.7. The van der Waals surface area contributed by atoms with Gasteiger partial charge >= 0.3 is 5.97 Å². The standard InChI is InChI=1S/C12H16N2O3S/c1-7(8-2-3-8)11(15)13-5-4-10-14-9(6-18-10)12(16)17/h6-8H,2-5H2,1H3,(H,13,15)(H,16,17). The van der Waals surface area contributed by atoms with Gasteiger partial charge in [-0.1, -0.05) is 6.92 Å². The number of carbonyl (C=O) groups excluding carboxylic acids is 1. The minimum Gasteiger partial charge on any atom is -0.476 e. The molecule has 1 aliphatic carbocycles. The quantitative estimate of drug-likeness (QED) is 0.820. The van der Waals surface area contributed by atoms with E-state index < -0.39 is 5.97 Å². The van der Waals surface area contributed by atoms with Gasteiger partial charge in [0.05, 0.1) is 5.01 Å². The Morgan fingerprint density at radius 3 is 2.89 bits per heavy atom. The molecule has 1 aromatic rings. The van der Waals surface area contributed by atoms with E-state index in [0.717, 1.165) is 17.8 Å².